The van der Waals surface area contributed by atoms with Gasteiger partial charge in [0, 0.05) is 6.04 Å². The Morgan fingerprint density at radius 3 is 2.45 bits per heavy atom. The normalized spacial score (nSPS) is 14.8. The fourth-order valence-electron chi connectivity index (χ4n) is 1.70. The summed E-state index contributed by atoms with van der Waals surface area (Å²) in [5.41, 5.74) is 5.53. The Morgan fingerprint density at radius 2 is 2.00 bits per heavy atom. The van der Waals surface area contributed by atoms with E-state index in [4.69, 9.17) is 10.8 Å². The van der Waals surface area contributed by atoms with Gasteiger partial charge in [0.15, 0.2) is 0 Å². The maximum absolute atomic E-state index is 12.2. The maximum Gasteiger partial charge on any atom is 0.335 e. The van der Waals surface area contributed by atoms with E-state index in [1.54, 1.807) is 6.92 Å². The van der Waals surface area contributed by atoms with Crippen molar-refractivity contribution in [1.82, 2.24) is 4.72 Å². The van der Waals surface area contributed by atoms with Crippen LogP contribution < -0.4 is 10.5 Å². The van der Waals surface area contributed by atoms with Gasteiger partial charge in [0.2, 0.25) is 10.0 Å². The van der Waals surface area contributed by atoms with E-state index in [1.807, 2.05) is 13.8 Å². The summed E-state index contributed by atoms with van der Waals surface area (Å²) in [4.78, 5) is 10.7. The van der Waals surface area contributed by atoms with Crippen LogP contribution in [-0.2, 0) is 10.0 Å². The van der Waals surface area contributed by atoms with E-state index >= 15 is 0 Å². The lowest BCUT2D eigenvalue weighted by atomic mass is 10.0. The lowest BCUT2D eigenvalue weighted by Gasteiger charge is -2.20. The number of benzene rings is 1. The third kappa shape index (κ3) is 3.71. The molecule has 20 heavy (non-hydrogen) atoms. The molecule has 1 aromatic carbocycles. The first-order valence-corrected chi connectivity index (χ1v) is 7.82. The molecule has 0 saturated heterocycles. The minimum atomic E-state index is -3.76. The van der Waals surface area contributed by atoms with Gasteiger partial charge in [-0.05, 0) is 31.0 Å². The van der Waals surface area contributed by atoms with Crippen molar-refractivity contribution >= 4 is 21.7 Å². The van der Waals surface area contributed by atoms with Crippen LogP contribution in [-0.4, -0.2) is 25.5 Å². The van der Waals surface area contributed by atoms with Gasteiger partial charge in [-0.2, -0.15) is 0 Å². The lowest BCUT2D eigenvalue weighted by molar-refractivity contribution is 0.0697. The predicted octanol–water partition coefficient (Wildman–Crippen LogP) is 1.68. The third-order valence-electron chi connectivity index (χ3n) is 3.38. The molecule has 0 amide bonds. The van der Waals surface area contributed by atoms with Crippen LogP contribution in [0, 0.1) is 5.92 Å². The van der Waals surface area contributed by atoms with Gasteiger partial charge < -0.3 is 10.8 Å². The number of hydrogen-bond acceptors (Lipinski definition) is 4. The number of nitrogen functional groups attached to an aromatic ring is 1. The topological polar surface area (TPSA) is 109 Å². The van der Waals surface area contributed by atoms with Crippen LogP contribution in [0.4, 0.5) is 5.69 Å². The number of carboxylic acids is 1. The Balaban J connectivity index is 3.07. The Labute approximate surface area is 119 Å². The summed E-state index contributed by atoms with van der Waals surface area (Å²) >= 11 is 0. The standard InChI is InChI=1S/C13H20N2O4S/c1-4-8(2)9(3)15-20(18,19)12-6-5-10(13(16)17)7-11(12)14/h5-9,15H,4,14H2,1-3H3,(H,16,17). The molecule has 0 aliphatic carbocycles. The number of nitrogens with one attached hydrogen (secondary N) is 1. The van der Waals surface area contributed by atoms with Crippen molar-refractivity contribution in [2.45, 2.75) is 38.1 Å². The quantitative estimate of drug-likeness (QED) is 0.692. The highest BCUT2D eigenvalue weighted by Gasteiger charge is 2.23. The van der Waals surface area contributed by atoms with Crippen molar-refractivity contribution < 1.29 is 18.3 Å². The second-order valence-corrected chi connectivity index (χ2v) is 6.54. The van der Waals surface area contributed by atoms with E-state index in [2.05, 4.69) is 4.72 Å². The Kier molecular flexibility index (Phi) is 5.13. The smallest absolute Gasteiger partial charge is 0.335 e. The molecule has 0 fully saturated rings. The van der Waals surface area contributed by atoms with E-state index in [0.717, 1.165) is 12.5 Å². The molecule has 0 bridgehead atoms. The first-order valence-electron chi connectivity index (χ1n) is 6.34. The first kappa shape index (κ1) is 16.5. The van der Waals surface area contributed by atoms with Crippen LogP contribution in [0.25, 0.3) is 0 Å². The minimum Gasteiger partial charge on any atom is -0.478 e. The zero-order valence-corrected chi connectivity index (χ0v) is 12.6. The van der Waals surface area contributed by atoms with E-state index in [9.17, 15) is 13.2 Å². The monoisotopic (exact) mass is 300 g/mol. The van der Waals surface area contributed by atoms with E-state index in [1.165, 1.54) is 12.1 Å². The summed E-state index contributed by atoms with van der Waals surface area (Å²) in [6, 6.07) is 3.35. The molecule has 0 heterocycles. The minimum absolute atomic E-state index is 0.0450. The van der Waals surface area contributed by atoms with E-state index < -0.39 is 16.0 Å². The van der Waals surface area contributed by atoms with Gasteiger partial charge in [-0.1, -0.05) is 20.3 Å². The lowest BCUT2D eigenvalue weighted by Crippen LogP contribution is -2.37. The second-order valence-electron chi connectivity index (χ2n) is 4.85. The average Bonchev–Trinajstić information content (AvgIpc) is 2.36. The molecule has 7 heteroatoms. The molecule has 1 aromatic rings. The highest BCUT2D eigenvalue weighted by molar-refractivity contribution is 7.89. The molecule has 0 saturated carbocycles. The van der Waals surface area contributed by atoms with Gasteiger partial charge in [-0.15, -0.1) is 0 Å². The highest BCUT2D eigenvalue weighted by atomic mass is 32.2. The van der Waals surface area contributed by atoms with Crippen LogP contribution in [0.3, 0.4) is 0 Å². The molecule has 0 aliphatic heterocycles. The molecule has 0 spiro atoms. The number of carboxylic acid groups (broad SMARTS) is 1. The van der Waals surface area contributed by atoms with Gasteiger partial charge in [-0.25, -0.2) is 17.9 Å². The van der Waals surface area contributed by atoms with Crippen LogP contribution in [0.2, 0.25) is 0 Å². The van der Waals surface area contributed by atoms with Crippen molar-refractivity contribution in [1.29, 1.82) is 0 Å². The third-order valence-corrected chi connectivity index (χ3v) is 5.02. The van der Waals surface area contributed by atoms with Crippen molar-refractivity contribution in [3.63, 3.8) is 0 Å². The number of sulfonamides is 1. The number of anilines is 1. The molecular weight excluding hydrogens is 280 g/mol. The molecular formula is C13H20N2O4S. The van der Waals surface area contributed by atoms with Gasteiger partial charge in [-0.3, -0.25) is 0 Å². The van der Waals surface area contributed by atoms with Crippen LogP contribution in [0.1, 0.15) is 37.6 Å². The van der Waals surface area contributed by atoms with Crippen molar-refractivity contribution in [2.24, 2.45) is 5.92 Å². The molecule has 0 aromatic heterocycles. The summed E-state index contributed by atoms with van der Waals surface area (Å²) < 4.78 is 27.0. The summed E-state index contributed by atoms with van der Waals surface area (Å²) in [6.45, 7) is 5.71. The largest absolute Gasteiger partial charge is 0.478 e. The molecule has 2 atom stereocenters. The van der Waals surface area contributed by atoms with Crippen molar-refractivity contribution in [2.75, 3.05) is 5.73 Å². The van der Waals surface area contributed by atoms with Crippen molar-refractivity contribution in [3.05, 3.63) is 23.8 Å². The second kappa shape index (κ2) is 6.23. The van der Waals surface area contributed by atoms with Crippen LogP contribution in [0.15, 0.2) is 23.1 Å². The maximum atomic E-state index is 12.2. The highest BCUT2D eigenvalue weighted by Crippen LogP contribution is 2.21. The van der Waals surface area contributed by atoms with Gasteiger partial charge in [0.1, 0.15) is 4.90 Å². The number of hydrogen-bond donors (Lipinski definition) is 3. The van der Waals surface area contributed by atoms with E-state index in [0.29, 0.717) is 0 Å². The first-order chi connectivity index (χ1) is 9.19. The molecule has 6 nitrogen and oxygen atoms in total. The number of carbonyl (C=O) groups is 1. The van der Waals surface area contributed by atoms with Gasteiger partial charge in [0.05, 0.1) is 11.3 Å². The number of rotatable bonds is 6. The fourth-order valence-corrected chi connectivity index (χ4v) is 3.17. The zero-order valence-electron chi connectivity index (χ0n) is 11.8. The Morgan fingerprint density at radius 1 is 1.40 bits per heavy atom. The zero-order chi connectivity index (χ0) is 15.5. The van der Waals surface area contributed by atoms with E-state index in [-0.39, 0.29) is 28.1 Å². The van der Waals surface area contributed by atoms with Crippen LogP contribution in [0.5, 0.6) is 0 Å². The average molecular weight is 300 g/mol. The SMILES string of the molecule is CCC(C)C(C)NS(=O)(=O)c1ccc(C(=O)O)cc1N. The van der Waals surface area contributed by atoms with Crippen LogP contribution >= 0.6 is 0 Å². The van der Waals surface area contributed by atoms with Gasteiger partial charge >= 0.3 is 5.97 Å². The molecule has 0 radical (unpaired) electrons. The Hall–Kier alpha value is -1.60. The number of nitrogens with two attached hydrogens (primary N) is 1. The summed E-state index contributed by atoms with van der Waals surface area (Å²) in [5, 5.41) is 8.83. The molecule has 0 aliphatic rings. The fraction of sp³-hybridized carbons (Fsp3) is 0.462. The molecule has 1 rings (SSSR count). The van der Waals surface area contributed by atoms with Crippen molar-refractivity contribution in [3.8, 4) is 0 Å². The number of aromatic carboxylic acids is 1. The summed E-state index contributed by atoms with van der Waals surface area (Å²) in [5.74, 6) is -0.967. The predicted molar refractivity (Wildman–Crippen MR) is 77.1 cm³/mol. The molecule has 4 N–H and O–H groups in total. The summed E-state index contributed by atoms with van der Waals surface area (Å²) in [7, 11) is -3.76. The molecule has 2 unspecified atom stereocenters. The van der Waals surface area contributed by atoms with Gasteiger partial charge in [0.25, 0.3) is 0 Å². The Bertz CT molecular complexity index is 598. The summed E-state index contributed by atoms with van der Waals surface area (Å²) in [6.07, 6.45) is 0.844. The molecule has 112 valence electrons.